The van der Waals surface area contributed by atoms with Gasteiger partial charge in [-0.25, -0.2) is 4.39 Å². The lowest BCUT2D eigenvalue weighted by molar-refractivity contribution is 0.102. The number of hydrogen-bond acceptors (Lipinski definition) is 2. The largest absolute Gasteiger partial charge is 0.319 e. The van der Waals surface area contributed by atoms with E-state index in [-0.39, 0.29) is 11.7 Å². The van der Waals surface area contributed by atoms with Crippen LogP contribution in [0.4, 0.5) is 10.1 Å². The number of rotatable bonds is 5. The maximum atomic E-state index is 13.3. The maximum absolute atomic E-state index is 13.3. The molecule has 0 aliphatic rings. The van der Waals surface area contributed by atoms with Crippen LogP contribution in [0.5, 0.6) is 0 Å². The van der Waals surface area contributed by atoms with Crippen LogP contribution in [0.3, 0.4) is 0 Å². The average Bonchev–Trinajstić information content (AvgIpc) is 3.15. The Bertz CT molecular complexity index is 1090. The number of nitrogens with zero attached hydrogens (tertiary/aromatic N) is 2. The summed E-state index contributed by atoms with van der Waals surface area (Å²) >= 11 is 0. The molecule has 0 atom stereocenters. The zero-order chi connectivity index (χ0) is 19.3. The summed E-state index contributed by atoms with van der Waals surface area (Å²) in [6, 6.07) is 23.8. The Morgan fingerprint density at radius 1 is 0.929 bits per heavy atom. The fraction of sp³-hybridized carbons (Fsp3) is 0.0435. The molecule has 0 aliphatic carbocycles. The summed E-state index contributed by atoms with van der Waals surface area (Å²) in [7, 11) is 0. The third kappa shape index (κ3) is 4.15. The van der Waals surface area contributed by atoms with Crippen LogP contribution in [0.15, 0.2) is 91.3 Å². The van der Waals surface area contributed by atoms with Gasteiger partial charge >= 0.3 is 0 Å². The van der Waals surface area contributed by atoms with Gasteiger partial charge in [0.2, 0.25) is 0 Å². The van der Waals surface area contributed by atoms with Gasteiger partial charge in [-0.3, -0.25) is 9.48 Å². The summed E-state index contributed by atoms with van der Waals surface area (Å²) in [5.74, 6) is -0.484. The lowest BCUT2D eigenvalue weighted by Crippen LogP contribution is -2.11. The standard InChI is InChI=1S/C23H18FN3O/c24-21-8-4-5-17(13-21)15-27-16-22(14-25-27)26-23(28)20-11-9-19(10-12-20)18-6-2-1-3-7-18/h1-14,16H,15H2,(H,26,28). The molecule has 0 bridgehead atoms. The summed E-state index contributed by atoms with van der Waals surface area (Å²) < 4.78 is 14.9. The highest BCUT2D eigenvalue weighted by Crippen LogP contribution is 2.20. The van der Waals surface area contributed by atoms with Gasteiger partial charge in [-0.05, 0) is 41.0 Å². The average molecular weight is 371 g/mol. The molecule has 4 nitrogen and oxygen atoms in total. The van der Waals surface area contributed by atoms with Gasteiger partial charge in [-0.1, -0.05) is 54.6 Å². The van der Waals surface area contributed by atoms with E-state index in [1.807, 2.05) is 48.5 Å². The molecule has 4 rings (SSSR count). The van der Waals surface area contributed by atoms with E-state index in [1.54, 1.807) is 35.3 Å². The Kier molecular flexibility index (Phi) is 4.97. The van der Waals surface area contributed by atoms with Gasteiger partial charge < -0.3 is 5.32 Å². The van der Waals surface area contributed by atoms with Gasteiger partial charge in [0.25, 0.3) is 5.91 Å². The molecular weight excluding hydrogens is 353 g/mol. The van der Waals surface area contributed by atoms with Gasteiger partial charge in [0, 0.05) is 11.8 Å². The molecule has 1 N–H and O–H groups in total. The van der Waals surface area contributed by atoms with Gasteiger partial charge in [0.05, 0.1) is 18.4 Å². The SMILES string of the molecule is O=C(Nc1cnn(Cc2cccc(F)c2)c1)c1ccc(-c2ccccc2)cc1. The second kappa shape index (κ2) is 7.88. The Balaban J connectivity index is 1.42. The van der Waals surface area contributed by atoms with Crippen molar-refractivity contribution in [1.82, 2.24) is 9.78 Å². The summed E-state index contributed by atoms with van der Waals surface area (Å²) in [5.41, 5.74) is 4.12. The molecule has 0 saturated carbocycles. The molecule has 4 aromatic rings. The van der Waals surface area contributed by atoms with E-state index in [0.29, 0.717) is 17.8 Å². The van der Waals surface area contributed by atoms with Crippen molar-refractivity contribution < 1.29 is 9.18 Å². The van der Waals surface area contributed by atoms with Crippen LogP contribution in [0.25, 0.3) is 11.1 Å². The minimum atomic E-state index is -0.280. The molecule has 5 heteroatoms. The van der Waals surface area contributed by atoms with Crippen LogP contribution in [0.2, 0.25) is 0 Å². The first-order valence-corrected chi connectivity index (χ1v) is 8.91. The Morgan fingerprint density at radius 2 is 1.68 bits per heavy atom. The van der Waals surface area contributed by atoms with Gasteiger partial charge in [-0.15, -0.1) is 0 Å². The molecule has 138 valence electrons. The molecule has 0 aliphatic heterocycles. The number of carbonyl (C=O) groups excluding carboxylic acids is 1. The molecule has 0 saturated heterocycles. The lowest BCUT2D eigenvalue weighted by atomic mass is 10.0. The van der Waals surface area contributed by atoms with Crippen molar-refractivity contribution in [2.24, 2.45) is 0 Å². The number of amides is 1. The number of halogens is 1. The van der Waals surface area contributed by atoms with Crippen molar-refractivity contribution in [3.8, 4) is 11.1 Å². The minimum absolute atomic E-state index is 0.204. The van der Waals surface area contributed by atoms with Gasteiger partial charge in [0.1, 0.15) is 5.82 Å². The molecule has 28 heavy (non-hydrogen) atoms. The highest BCUT2D eigenvalue weighted by molar-refractivity contribution is 6.04. The maximum Gasteiger partial charge on any atom is 0.255 e. The Morgan fingerprint density at radius 3 is 2.43 bits per heavy atom. The van der Waals surface area contributed by atoms with Crippen LogP contribution >= 0.6 is 0 Å². The van der Waals surface area contributed by atoms with Crippen molar-refractivity contribution >= 4 is 11.6 Å². The van der Waals surface area contributed by atoms with E-state index in [4.69, 9.17) is 0 Å². The van der Waals surface area contributed by atoms with Crippen LogP contribution in [-0.2, 0) is 6.54 Å². The van der Waals surface area contributed by atoms with Crippen molar-refractivity contribution in [3.63, 3.8) is 0 Å². The first-order valence-electron chi connectivity index (χ1n) is 8.91. The van der Waals surface area contributed by atoms with Crippen LogP contribution in [0, 0.1) is 5.82 Å². The van der Waals surface area contributed by atoms with Crippen LogP contribution < -0.4 is 5.32 Å². The molecular formula is C23H18FN3O. The second-order valence-corrected chi connectivity index (χ2v) is 6.45. The van der Waals surface area contributed by atoms with E-state index >= 15 is 0 Å². The number of aromatic nitrogens is 2. The van der Waals surface area contributed by atoms with Crippen molar-refractivity contribution in [3.05, 3.63) is 108 Å². The minimum Gasteiger partial charge on any atom is -0.319 e. The van der Waals surface area contributed by atoms with Crippen LogP contribution in [0.1, 0.15) is 15.9 Å². The molecule has 0 spiro atoms. The summed E-state index contributed by atoms with van der Waals surface area (Å²) in [4.78, 5) is 12.5. The Hall–Kier alpha value is -3.73. The second-order valence-electron chi connectivity index (χ2n) is 6.45. The van der Waals surface area contributed by atoms with Crippen molar-refractivity contribution in [2.75, 3.05) is 5.32 Å². The van der Waals surface area contributed by atoms with Gasteiger partial charge in [0.15, 0.2) is 0 Å². The molecule has 1 aromatic heterocycles. The zero-order valence-corrected chi connectivity index (χ0v) is 15.0. The zero-order valence-electron chi connectivity index (χ0n) is 15.0. The molecule has 0 unspecified atom stereocenters. The van der Waals surface area contributed by atoms with Crippen LogP contribution in [-0.4, -0.2) is 15.7 Å². The first-order chi connectivity index (χ1) is 13.7. The van der Waals surface area contributed by atoms with E-state index in [9.17, 15) is 9.18 Å². The molecule has 1 amide bonds. The van der Waals surface area contributed by atoms with Crippen molar-refractivity contribution in [1.29, 1.82) is 0 Å². The molecule has 0 radical (unpaired) electrons. The molecule has 3 aromatic carbocycles. The number of benzene rings is 3. The fourth-order valence-corrected chi connectivity index (χ4v) is 2.98. The normalized spacial score (nSPS) is 10.6. The topological polar surface area (TPSA) is 46.9 Å². The van der Waals surface area contributed by atoms with E-state index < -0.39 is 0 Å². The van der Waals surface area contributed by atoms with E-state index in [1.165, 1.54) is 12.1 Å². The third-order valence-corrected chi connectivity index (χ3v) is 4.38. The first kappa shape index (κ1) is 17.7. The number of carbonyl (C=O) groups is 1. The number of hydrogen-bond donors (Lipinski definition) is 1. The van der Waals surface area contributed by atoms with Crippen molar-refractivity contribution in [2.45, 2.75) is 6.54 Å². The molecule has 1 heterocycles. The predicted octanol–water partition coefficient (Wildman–Crippen LogP) is 4.99. The summed E-state index contributed by atoms with van der Waals surface area (Å²) in [5, 5.41) is 7.06. The third-order valence-electron chi connectivity index (χ3n) is 4.38. The Labute approximate surface area is 162 Å². The number of anilines is 1. The lowest BCUT2D eigenvalue weighted by Gasteiger charge is -2.05. The van der Waals surface area contributed by atoms with E-state index in [0.717, 1.165) is 16.7 Å². The van der Waals surface area contributed by atoms with E-state index in [2.05, 4.69) is 10.4 Å². The quantitative estimate of drug-likeness (QED) is 0.537. The van der Waals surface area contributed by atoms with Gasteiger partial charge in [-0.2, -0.15) is 5.10 Å². The number of nitrogens with one attached hydrogen (secondary N) is 1. The monoisotopic (exact) mass is 371 g/mol. The summed E-state index contributed by atoms with van der Waals surface area (Å²) in [6.07, 6.45) is 3.30. The summed E-state index contributed by atoms with van der Waals surface area (Å²) in [6.45, 7) is 0.430. The molecule has 0 fully saturated rings. The predicted molar refractivity (Wildman–Crippen MR) is 108 cm³/mol. The smallest absolute Gasteiger partial charge is 0.255 e. The highest BCUT2D eigenvalue weighted by atomic mass is 19.1. The highest BCUT2D eigenvalue weighted by Gasteiger charge is 2.08. The fourth-order valence-electron chi connectivity index (χ4n) is 2.98.